The van der Waals surface area contributed by atoms with Gasteiger partial charge in [-0.15, -0.1) is 0 Å². The van der Waals surface area contributed by atoms with Crippen molar-refractivity contribution in [2.24, 2.45) is 0 Å². The maximum absolute atomic E-state index is 10.3. The first-order valence-corrected chi connectivity index (χ1v) is 9.41. The second-order valence-electron chi connectivity index (χ2n) is 7.19. The van der Waals surface area contributed by atoms with Crippen LogP contribution in [0.1, 0.15) is 28.7 Å². The maximum Gasteiger partial charge on any atom is 0.119 e. The molecule has 0 aliphatic heterocycles. The Morgan fingerprint density at radius 1 is 0.769 bits per heavy atom. The highest BCUT2D eigenvalue weighted by atomic mass is 16.3. The van der Waals surface area contributed by atoms with Gasteiger partial charge in [0.2, 0.25) is 0 Å². The molecule has 0 radical (unpaired) electrons. The van der Waals surface area contributed by atoms with Crippen LogP contribution >= 0.6 is 0 Å². The Balaban J connectivity index is 1.59. The molecule has 0 aromatic heterocycles. The van der Waals surface area contributed by atoms with E-state index >= 15 is 0 Å². The summed E-state index contributed by atoms with van der Waals surface area (Å²) < 4.78 is 0. The van der Waals surface area contributed by atoms with E-state index in [0.29, 0.717) is 11.8 Å². The van der Waals surface area contributed by atoms with Crippen LogP contribution in [0.3, 0.4) is 0 Å². The van der Waals surface area contributed by atoms with Crippen molar-refractivity contribution in [2.75, 3.05) is 0 Å². The number of phenolic OH excluding ortho intramolecular Hbond substituents is 1. The van der Waals surface area contributed by atoms with E-state index in [1.807, 2.05) is 12.1 Å². The van der Waals surface area contributed by atoms with Crippen LogP contribution in [0.25, 0.3) is 0 Å². The predicted molar refractivity (Wildman–Crippen MR) is 106 cm³/mol. The molecule has 1 N–H and O–H groups in total. The zero-order valence-electron chi connectivity index (χ0n) is 15.0. The first kappa shape index (κ1) is 16.9. The van der Waals surface area contributed by atoms with Crippen LogP contribution in [0.2, 0.25) is 0 Å². The molecular weight excluding hydrogens is 318 g/mol. The Labute approximate surface area is 155 Å². The van der Waals surface area contributed by atoms with Gasteiger partial charge >= 0.3 is 0 Å². The van der Waals surface area contributed by atoms with Crippen molar-refractivity contribution in [2.45, 2.75) is 38.4 Å². The summed E-state index contributed by atoms with van der Waals surface area (Å²) >= 11 is 0. The molecule has 2 nitrogen and oxygen atoms in total. The predicted octanol–water partition coefficient (Wildman–Crippen LogP) is 4.95. The first-order valence-electron chi connectivity index (χ1n) is 9.41. The molecule has 1 atom stereocenters. The Kier molecular flexibility index (Phi) is 5.03. The van der Waals surface area contributed by atoms with Crippen LogP contribution in [0.4, 0.5) is 0 Å². The van der Waals surface area contributed by atoms with Gasteiger partial charge in [0, 0.05) is 19.1 Å². The van der Waals surface area contributed by atoms with Gasteiger partial charge in [-0.3, -0.25) is 4.90 Å². The van der Waals surface area contributed by atoms with Crippen LogP contribution in [0, 0.1) is 0 Å². The van der Waals surface area contributed by atoms with Gasteiger partial charge in [0.05, 0.1) is 0 Å². The van der Waals surface area contributed by atoms with E-state index in [1.165, 1.54) is 16.7 Å². The van der Waals surface area contributed by atoms with Crippen molar-refractivity contribution in [1.29, 1.82) is 0 Å². The summed E-state index contributed by atoms with van der Waals surface area (Å²) in [4.78, 5) is 2.57. The maximum atomic E-state index is 10.3. The van der Waals surface area contributed by atoms with Gasteiger partial charge in [-0.25, -0.2) is 0 Å². The lowest BCUT2D eigenvalue weighted by atomic mass is 9.86. The number of hydrogen-bond donors (Lipinski definition) is 1. The minimum Gasteiger partial charge on any atom is -0.508 e. The molecule has 4 rings (SSSR count). The fraction of sp³-hybridized carbons (Fsp3) is 0.250. The third-order valence-corrected chi connectivity index (χ3v) is 5.41. The molecule has 0 saturated heterocycles. The Bertz CT molecular complexity index is 803. The Morgan fingerprint density at radius 2 is 1.38 bits per heavy atom. The standard InChI is InChI=1S/C24H25NO/c26-24-13-7-12-21-14-15-22(16-23(21)24)25(17-19-8-3-1-4-9-19)18-20-10-5-2-6-11-20/h1-13,22,26H,14-18H2. The highest BCUT2D eigenvalue weighted by molar-refractivity contribution is 5.41. The van der Waals surface area contributed by atoms with Gasteiger partial charge in [-0.2, -0.15) is 0 Å². The molecule has 0 spiro atoms. The minimum atomic E-state index is 0.441. The molecule has 0 saturated carbocycles. The van der Waals surface area contributed by atoms with E-state index in [4.69, 9.17) is 0 Å². The third kappa shape index (κ3) is 3.81. The van der Waals surface area contributed by atoms with Crippen molar-refractivity contribution < 1.29 is 5.11 Å². The van der Waals surface area contributed by atoms with Crippen LogP contribution < -0.4 is 0 Å². The summed E-state index contributed by atoms with van der Waals surface area (Å²) in [6.45, 7) is 1.87. The van der Waals surface area contributed by atoms with Crippen molar-refractivity contribution in [1.82, 2.24) is 4.90 Å². The van der Waals surface area contributed by atoms with Gasteiger partial charge in [0.25, 0.3) is 0 Å². The van der Waals surface area contributed by atoms with Gasteiger partial charge in [-0.05, 0) is 47.6 Å². The lowest BCUT2D eigenvalue weighted by Crippen LogP contribution is -2.38. The Morgan fingerprint density at radius 3 is 2.00 bits per heavy atom. The summed E-state index contributed by atoms with van der Waals surface area (Å²) in [6.07, 6.45) is 3.09. The molecule has 132 valence electrons. The van der Waals surface area contributed by atoms with Crippen molar-refractivity contribution in [3.8, 4) is 5.75 Å². The van der Waals surface area contributed by atoms with Crippen LogP contribution in [0.5, 0.6) is 5.75 Å². The number of phenols is 1. The van der Waals surface area contributed by atoms with Crippen molar-refractivity contribution >= 4 is 0 Å². The molecule has 1 aliphatic rings. The summed E-state index contributed by atoms with van der Waals surface area (Å²) in [5, 5.41) is 10.3. The smallest absolute Gasteiger partial charge is 0.119 e. The second kappa shape index (κ2) is 7.76. The molecule has 0 bridgehead atoms. The third-order valence-electron chi connectivity index (χ3n) is 5.41. The van der Waals surface area contributed by atoms with E-state index in [1.54, 1.807) is 0 Å². The van der Waals surface area contributed by atoms with Crippen LogP contribution in [-0.2, 0) is 25.9 Å². The molecule has 0 fully saturated rings. The number of rotatable bonds is 5. The molecule has 1 aliphatic carbocycles. The number of benzene rings is 3. The molecule has 2 heteroatoms. The summed E-state index contributed by atoms with van der Waals surface area (Å²) in [7, 11) is 0. The second-order valence-corrected chi connectivity index (χ2v) is 7.19. The fourth-order valence-electron chi connectivity index (χ4n) is 4.01. The average molecular weight is 343 g/mol. The fourth-order valence-corrected chi connectivity index (χ4v) is 4.01. The monoisotopic (exact) mass is 343 g/mol. The van der Waals surface area contributed by atoms with E-state index < -0.39 is 0 Å². The van der Waals surface area contributed by atoms with Gasteiger partial charge in [0.1, 0.15) is 5.75 Å². The van der Waals surface area contributed by atoms with Gasteiger partial charge in [0.15, 0.2) is 0 Å². The zero-order valence-corrected chi connectivity index (χ0v) is 15.0. The lowest BCUT2D eigenvalue weighted by Gasteiger charge is -2.35. The summed E-state index contributed by atoms with van der Waals surface area (Å²) in [5.74, 6) is 0.451. The quantitative estimate of drug-likeness (QED) is 0.708. The van der Waals surface area contributed by atoms with Crippen LogP contribution in [-0.4, -0.2) is 16.0 Å². The van der Waals surface area contributed by atoms with Crippen molar-refractivity contribution in [3.63, 3.8) is 0 Å². The molecule has 0 amide bonds. The first-order chi connectivity index (χ1) is 12.8. The van der Waals surface area contributed by atoms with E-state index in [-0.39, 0.29) is 0 Å². The van der Waals surface area contributed by atoms with Crippen LogP contribution in [0.15, 0.2) is 78.9 Å². The number of fused-ring (bicyclic) bond motifs is 1. The highest BCUT2D eigenvalue weighted by Gasteiger charge is 2.26. The topological polar surface area (TPSA) is 23.5 Å². The number of aryl methyl sites for hydroxylation is 1. The summed E-state index contributed by atoms with van der Waals surface area (Å²) in [5.41, 5.74) is 5.12. The van der Waals surface area contributed by atoms with E-state index in [9.17, 15) is 5.11 Å². The van der Waals surface area contributed by atoms with Gasteiger partial charge in [-0.1, -0.05) is 72.8 Å². The SMILES string of the molecule is Oc1cccc2c1CC(N(Cc1ccccc1)Cc1ccccc1)CC2. The normalized spacial score (nSPS) is 16.4. The average Bonchev–Trinajstić information content (AvgIpc) is 2.69. The molecular formula is C24H25NO. The minimum absolute atomic E-state index is 0.441. The van der Waals surface area contributed by atoms with Crippen molar-refractivity contribution in [3.05, 3.63) is 101 Å². The highest BCUT2D eigenvalue weighted by Crippen LogP contribution is 2.32. The molecule has 3 aromatic carbocycles. The molecule has 3 aromatic rings. The Hall–Kier alpha value is -2.58. The molecule has 0 heterocycles. The van der Waals surface area contributed by atoms with Gasteiger partial charge < -0.3 is 5.11 Å². The van der Waals surface area contributed by atoms with E-state index in [0.717, 1.165) is 37.9 Å². The number of nitrogens with zero attached hydrogens (tertiary/aromatic N) is 1. The number of hydrogen-bond acceptors (Lipinski definition) is 2. The molecule has 26 heavy (non-hydrogen) atoms. The summed E-state index contributed by atoms with van der Waals surface area (Å²) in [6, 6.07) is 27.8. The largest absolute Gasteiger partial charge is 0.508 e. The molecule has 1 unspecified atom stereocenters. The van der Waals surface area contributed by atoms with E-state index in [2.05, 4.69) is 71.6 Å². The lowest BCUT2D eigenvalue weighted by molar-refractivity contribution is 0.161. The zero-order chi connectivity index (χ0) is 17.8. The number of aromatic hydroxyl groups is 1.